The van der Waals surface area contributed by atoms with Crippen LogP contribution in [0.4, 0.5) is 5.69 Å². The van der Waals surface area contributed by atoms with E-state index in [2.05, 4.69) is 41.4 Å². The molecule has 4 rings (SSSR count). The number of quaternary nitrogens is 1. The van der Waals surface area contributed by atoms with Gasteiger partial charge in [-0.05, 0) is 59.5 Å². The van der Waals surface area contributed by atoms with Gasteiger partial charge in [0.05, 0.1) is 23.8 Å². The summed E-state index contributed by atoms with van der Waals surface area (Å²) < 4.78 is 1.57. The van der Waals surface area contributed by atoms with E-state index in [1.54, 1.807) is 23.5 Å². The van der Waals surface area contributed by atoms with Gasteiger partial charge in [-0.1, -0.05) is 30.1 Å². The van der Waals surface area contributed by atoms with Crippen molar-refractivity contribution in [3.8, 4) is 0 Å². The van der Waals surface area contributed by atoms with Crippen molar-refractivity contribution in [1.29, 1.82) is 0 Å². The maximum absolute atomic E-state index is 13.3. The zero-order valence-corrected chi connectivity index (χ0v) is 23.3. The van der Waals surface area contributed by atoms with Crippen LogP contribution in [0.1, 0.15) is 37.1 Å². The summed E-state index contributed by atoms with van der Waals surface area (Å²) in [6.45, 7) is 3.94. The smallest absolute Gasteiger partial charge is 0.312 e. The first kappa shape index (κ1) is 25.2. The van der Waals surface area contributed by atoms with Gasteiger partial charge >= 0.3 is 5.91 Å². The minimum absolute atomic E-state index is 0. The topological polar surface area (TPSA) is 44.7 Å². The summed E-state index contributed by atoms with van der Waals surface area (Å²) in [5.41, 5.74) is 4.49. The first-order valence-electron chi connectivity index (χ1n) is 10.0. The fourth-order valence-electron chi connectivity index (χ4n) is 4.23. The fourth-order valence-corrected chi connectivity index (χ4v) is 6.36. The fraction of sp³-hybridized carbons (Fsp3) is 0.429. The van der Waals surface area contributed by atoms with Crippen LogP contribution in [0.2, 0.25) is 10.0 Å². The van der Waals surface area contributed by atoms with Crippen LogP contribution in [0, 0.1) is 5.92 Å². The Morgan fingerprint density at radius 2 is 1.97 bits per heavy atom. The van der Waals surface area contributed by atoms with Crippen LogP contribution in [0.15, 0.2) is 39.2 Å². The van der Waals surface area contributed by atoms with E-state index in [4.69, 9.17) is 28.3 Å². The highest BCUT2D eigenvalue weighted by atomic mass is 127. The average Bonchev–Trinajstić information content (AvgIpc) is 3.25. The number of rotatable bonds is 4. The van der Waals surface area contributed by atoms with Crippen LogP contribution in [0.3, 0.4) is 0 Å². The lowest BCUT2D eigenvalue weighted by Crippen LogP contribution is -3.00. The van der Waals surface area contributed by atoms with Gasteiger partial charge in [0, 0.05) is 25.7 Å². The van der Waals surface area contributed by atoms with Gasteiger partial charge in [-0.3, -0.25) is 9.80 Å². The number of thiophene rings is 1. The van der Waals surface area contributed by atoms with Crippen LogP contribution in [-0.4, -0.2) is 36.3 Å². The highest BCUT2D eigenvalue weighted by Crippen LogP contribution is 2.44. The highest BCUT2D eigenvalue weighted by Gasteiger charge is 2.42. The number of halogens is 4. The summed E-state index contributed by atoms with van der Waals surface area (Å²) in [6.07, 6.45) is 3.47. The number of hydrazone groups is 1. The molecular weight excluding hydrogens is 634 g/mol. The Labute approximate surface area is 222 Å². The molecule has 1 aromatic carbocycles. The summed E-state index contributed by atoms with van der Waals surface area (Å²) in [7, 11) is 2.08. The number of likely N-dealkylation sites (tertiary alicyclic amines) is 1. The van der Waals surface area contributed by atoms with Crippen LogP contribution < -0.4 is 34.4 Å². The molecule has 1 aromatic heterocycles. The number of piperidine rings is 1. The minimum Gasteiger partial charge on any atom is -1.00 e. The van der Waals surface area contributed by atoms with Crippen molar-refractivity contribution in [2.75, 3.05) is 25.1 Å². The highest BCUT2D eigenvalue weighted by molar-refractivity contribution is 9.10. The van der Waals surface area contributed by atoms with E-state index in [-0.39, 0.29) is 41.8 Å². The number of hydrogen-bond acceptors (Lipinski definition) is 4. The number of carbonyl (C=O) groups is 1. The first-order valence-corrected chi connectivity index (χ1v) is 12.4. The molecule has 10 heteroatoms. The van der Waals surface area contributed by atoms with E-state index in [0.717, 1.165) is 41.0 Å². The number of carbonyl (C=O) groups excluding carboxylic acids is 1. The van der Waals surface area contributed by atoms with Crippen molar-refractivity contribution >= 4 is 67.8 Å². The molecule has 0 saturated carbocycles. The lowest BCUT2D eigenvalue weighted by Gasteiger charge is -2.36. The maximum Gasteiger partial charge on any atom is 0.312 e. The molecule has 0 aliphatic carbocycles. The number of hydrogen-bond donors (Lipinski definition) is 1. The van der Waals surface area contributed by atoms with E-state index < -0.39 is 0 Å². The second kappa shape index (κ2) is 10.3. The number of benzene rings is 1. The summed E-state index contributed by atoms with van der Waals surface area (Å²) in [6, 6.07) is 7.32. The van der Waals surface area contributed by atoms with Gasteiger partial charge in [0.25, 0.3) is 0 Å². The van der Waals surface area contributed by atoms with Gasteiger partial charge < -0.3 is 24.0 Å². The van der Waals surface area contributed by atoms with E-state index in [0.29, 0.717) is 20.3 Å². The van der Waals surface area contributed by atoms with E-state index >= 15 is 0 Å². The Hall–Kier alpha value is -0.390. The number of nitrogens with zero attached hydrogens (tertiary/aromatic N) is 3. The molecule has 0 spiro atoms. The van der Waals surface area contributed by atoms with E-state index in [9.17, 15) is 4.79 Å². The molecule has 2 atom stereocenters. The molecule has 2 aromatic rings. The molecule has 0 unspecified atom stereocenters. The SMILES string of the molecule is C[C@H]1C(C(=O)N[N+]2(C)CCCCC2)=NN(c2ccc(Cl)cc2Cl)[C@@H]1c1cc(Br)cs1.[I-]. The van der Waals surface area contributed by atoms with Crippen molar-refractivity contribution in [3.05, 3.63) is 49.0 Å². The molecule has 3 heterocycles. The van der Waals surface area contributed by atoms with Crippen LogP contribution in [0.5, 0.6) is 0 Å². The van der Waals surface area contributed by atoms with E-state index in [1.165, 1.54) is 6.42 Å². The zero-order valence-electron chi connectivity index (χ0n) is 17.2. The Morgan fingerprint density at radius 1 is 1.26 bits per heavy atom. The molecule has 1 amide bonds. The molecule has 2 aliphatic heterocycles. The van der Waals surface area contributed by atoms with E-state index in [1.807, 2.05) is 16.5 Å². The van der Waals surface area contributed by atoms with Gasteiger partial charge in [0.1, 0.15) is 18.8 Å². The standard InChI is InChI=1S/C21H23BrCl2N4OS.HI/c1-13-19(21(29)26-28(2)8-4-3-5-9-28)25-27(17-7-6-15(23)11-16(17)24)20(13)18-10-14(22)12-30-18;/h6-7,10-13,20H,3-5,8-9H2,1-2H3;1H/t13-,20-;/m0./s1. The summed E-state index contributed by atoms with van der Waals surface area (Å²) in [4.78, 5) is 14.4. The maximum atomic E-state index is 13.3. The quantitative estimate of drug-likeness (QED) is 0.406. The Morgan fingerprint density at radius 3 is 2.58 bits per heavy atom. The normalized spacial score (nSPS) is 22.6. The van der Waals surface area contributed by atoms with Crippen molar-refractivity contribution < 1.29 is 33.4 Å². The molecule has 2 aliphatic rings. The van der Waals surface area contributed by atoms with Crippen LogP contribution >= 0.6 is 50.5 Å². The lowest BCUT2D eigenvalue weighted by molar-refractivity contribution is -0.947. The largest absolute Gasteiger partial charge is 1.00 e. The van der Waals surface area contributed by atoms with Crippen LogP contribution in [-0.2, 0) is 4.79 Å². The molecule has 1 fully saturated rings. The molecule has 1 saturated heterocycles. The van der Waals surface area contributed by atoms with Gasteiger partial charge in [0.15, 0.2) is 0 Å². The molecule has 1 N–H and O–H groups in total. The second-order valence-corrected chi connectivity index (χ2v) is 10.9. The van der Waals surface area contributed by atoms with Crippen LogP contribution in [0.25, 0.3) is 0 Å². The number of amides is 1. The molecule has 31 heavy (non-hydrogen) atoms. The van der Waals surface area contributed by atoms with Crippen molar-refractivity contribution in [3.63, 3.8) is 0 Å². The predicted octanol–water partition coefficient (Wildman–Crippen LogP) is 3.04. The predicted molar refractivity (Wildman–Crippen MR) is 128 cm³/mol. The monoisotopic (exact) mass is 656 g/mol. The van der Waals surface area contributed by atoms with Gasteiger partial charge in [0.2, 0.25) is 0 Å². The number of anilines is 1. The Balaban J connectivity index is 0.00000272. The first-order chi connectivity index (χ1) is 14.3. The number of nitrogens with one attached hydrogen (secondary N) is 1. The Kier molecular flexibility index (Phi) is 8.35. The minimum atomic E-state index is -0.118. The van der Waals surface area contributed by atoms with Crippen molar-refractivity contribution in [2.45, 2.75) is 32.2 Å². The second-order valence-electron chi connectivity index (χ2n) is 8.17. The average molecular weight is 658 g/mol. The molecule has 168 valence electrons. The third-order valence-corrected chi connectivity index (χ3v) is 8.13. The van der Waals surface area contributed by atoms with Crippen molar-refractivity contribution in [1.82, 2.24) is 5.43 Å². The van der Waals surface area contributed by atoms with Gasteiger partial charge in [-0.25, -0.2) is 4.59 Å². The molecular formula is C21H24BrCl2IN4OS. The van der Waals surface area contributed by atoms with Gasteiger partial charge in [-0.2, -0.15) is 10.5 Å². The molecule has 0 radical (unpaired) electrons. The molecule has 5 nitrogen and oxygen atoms in total. The lowest BCUT2D eigenvalue weighted by atomic mass is 9.95. The Bertz CT molecular complexity index is 996. The summed E-state index contributed by atoms with van der Waals surface area (Å²) in [5.74, 6) is -0.209. The third-order valence-electron chi connectivity index (χ3n) is 5.83. The summed E-state index contributed by atoms with van der Waals surface area (Å²) in [5, 5.41) is 9.77. The zero-order chi connectivity index (χ0) is 21.5. The van der Waals surface area contributed by atoms with Gasteiger partial charge in [-0.15, -0.1) is 11.3 Å². The third kappa shape index (κ3) is 5.41. The van der Waals surface area contributed by atoms with Crippen molar-refractivity contribution in [2.24, 2.45) is 11.0 Å². The molecule has 0 bridgehead atoms. The summed E-state index contributed by atoms with van der Waals surface area (Å²) >= 11 is 17.8.